The van der Waals surface area contributed by atoms with Gasteiger partial charge >= 0.3 is 0 Å². The molecule has 0 saturated heterocycles. The normalized spacial score (nSPS) is 12.4. The smallest absolute Gasteiger partial charge is 0.291 e. The van der Waals surface area contributed by atoms with Crippen LogP contribution >= 0.6 is 11.8 Å². The first-order valence-electron chi connectivity index (χ1n) is 10.4. The van der Waals surface area contributed by atoms with Crippen molar-refractivity contribution in [3.8, 4) is 0 Å². The molecule has 8 heteroatoms. The maximum atomic E-state index is 12.8. The average Bonchev–Trinajstić information content (AvgIpc) is 3.36. The number of hydrogen-bond acceptors (Lipinski definition) is 5. The third-order valence-electron chi connectivity index (χ3n) is 5.37. The van der Waals surface area contributed by atoms with Crippen LogP contribution < -0.4 is 15.5 Å². The number of nitrogens with one attached hydrogen (secondary N) is 2. The number of hydrogen-bond donors (Lipinski definition) is 2. The number of rotatable bonds is 4. The van der Waals surface area contributed by atoms with E-state index >= 15 is 0 Å². The molecule has 2 N–H and O–H groups in total. The molecule has 3 aromatic carbocycles. The Balaban J connectivity index is 1.32. The molecule has 168 valence electrons. The van der Waals surface area contributed by atoms with E-state index in [9.17, 15) is 14.4 Å². The fourth-order valence-corrected chi connectivity index (χ4v) is 4.74. The van der Waals surface area contributed by atoms with E-state index in [1.165, 1.54) is 18.0 Å². The van der Waals surface area contributed by atoms with Gasteiger partial charge in [-0.3, -0.25) is 14.4 Å². The van der Waals surface area contributed by atoms with Gasteiger partial charge in [0.2, 0.25) is 0 Å². The molecule has 0 spiro atoms. The number of nitrogens with zero attached hydrogens (tertiary/aromatic N) is 1. The van der Waals surface area contributed by atoms with E-state index in [0.717, 1.165) is 15.5 Å². The van der Waals surface area contributed by atoms with Gasteiger partial charge in [-0.2, -0.15) is 0 Å². The maximum Gasteiger partial charge on any atom is 0.291 e. The van der Waals surface area contributed by atoms with Gasteiger partial charge in [0, 0.05) is 33.8 Å². The van der Waals surface area contributed by atoms with Gasteiger partial charge < -0.3 is 20.0 Å². The molecule has 0 unspecified atom stereocenters. The Labute approximate surface area is 199 Å². The minimum atomic E-state index is -0.366. The average molecular weight is 470 g/mol. The van der Waals surface area contributed by atoms with Gasteiger partial charge in [0.15, 0.2) is 5.76 Å². The Morgan fingerprint density at radius 2 is 1.56 bits per heavy atom. The van der Waals surface area contributed by atoms with Crippen molar-refractivity contribution in [2.75, 3.05) is 22.6 Å². The molecule has 4 aromatic rings. The summed E-state index contributed by atoms with van der Waals surface area (Å²) < 4.78 is 5.08. The van der Waals surface area contributed by atoms with Crippen LogP contribution in [0.3, 0.4) is 0 Å². The highest BCUT2D eigenvalue weighted by molar-refractivity contribution is 7.99. The van der Waals surface area contributed by atoms with Crippen LogP contribution in [0.2, 0.25) is 0 Å². The summed E-state index contributed by atoms with van der Waals surface area (Å²) in [4.78, 5) is 41.1. The van der Waals surface area contributed by atoms with E-state index < -0.39 is 0 Å². The van der Waals surface area contributed by atoms with Crippen LogP contribution in [0.15, 0.2) is 99.3 Å². The van der Waals surface area contributed by atoms with Crippen LogP contribution in [0.5, 0.6) is 0 Å². The lowest BCUT2D eigenvalue weighted by atomic mass is 10.1. The molecular formula is C26H19N3O4S. The molecule has 34 heavy (non-hydrogen) atoms. The van der Waals surface area contributed by atoms with Gasteiger partial charge in [-0.05, 0) is 66.7 Å². The number of anilines is 3. The SMILES string of the molecule is CN1C(=O)c2ccccc2Sc2cc(NC(=O)c3ccc(NC(=O)c4ccco4)cc3)ccc21. The summed E-state index contributed by atoms with van der Waals surface area (Å²) in [5.41, 5.74) is 3.03. The van der Waals surface area contributed by atoms with Crippen molar-refractivity contribution in [3.63, 3.8) is 0 Å². The molecule has 0 radical (unpaired) electrons. The van der Waals surface area contributed by atoms with Gasteiger partial charge in [-0.15, -0.1) is 0 Å². The summed E-state index contributed by atoms with van der Waals surface area (Å²) >= 11 is 1.49. The standard InChI is InChI=1S/C26H19N3O4S/c1-29-20-13-12-18(15-23(20)34-22-7-3-2-5-19(22)26(29)32)28-24(30)16-8-10-17(11-9-16)27-25(31)21-6-4-14-33-21/h2-15H,1H3,(H,27,31)(H,28,30). The largest absolute Gasteiger partial charge is 0.459 e. The number of carbonyl (C=O) groups excluding carboxylic acids is 3. The predicted octanol–water partition coefficient (Wildman–Crippen LogP) is 5.53. The zero-order chi connectivity index (χ0) is 23.7. The van der Waals surface area contributed by atoms with Crippen molar-refractivity contribution < 1.29 is 18.8 Å². The second kappa shape index (κ2) is 8.92. The predicted molar refractivity (Wildman–Crippen MR) is 131 cm³/mol. The fourth-order valence-electron chi connectivity index (χ4n) is 3.60. The van der Waals surface area contributed by atoms with E-state index in [1.807, 2.05) is 36.4 Å². The van der Waals surface area contributed by atoms with Crippen LogP contribution in [-0.2, 0) is 0 Å². The Bertz CT molecular complexity index is 1400. The van der Waals surface area contributed by atoms with Crippen molar-refractivity contribution in [3.05, 3.63) is 102 Å². The Morgan fingerprint density at radius 3 is 2.32 bits per heavy atom. The molecule has 0 saturated carbocycles. The van der Waals surface area contributed by atoms with Crippen LogP contribution in [0.25, 0.3) is 0 Å². The minimum Gasteiger partial charge on any atom is -0.459 e. The monoisotopic (exact) mass is 469 g/mol. The number of carbonyl (C=O) groups is 3. The molecule has 2 heterocycles. The number of fused-ring (bicyclic) bond motifs is 2. The fraction of sp³-hybridized carbons (Fsp3) is 0.0385. The lowest BCUT2D eigenvalue weighted by Gasteiger charge is -2.18. The lowest BCUT2D eigenvalue weighted by molar-refractivity contribution is 0.0985. The van der Waals surface area contributed by atoms with Crippen molar-refractivity contribution >= 4 is 46.5 Å². The van der Waals surface area contributed by atoms with Gasteiger partial charge in [0.1, 0.15) is 0 Å². The molecule has 0 atom stereocenters. The molecule has 0 fully saturated rings. The van der Waals surface area contributed by atoms with Gasteiger partial charge in [-0.25, -0.2) is 0 Å². The molecule has 7 nitrogen and oxygen atoms in total. The number of furan rings is 1. The zero-order valence-electron chi connectivity index (χ0n) is 18.1. The third-order valence-corrected chi connectivity index (χ3v) is 6.49. The van der Waals surface area contributed by atoms with Gasteiger partial charge in [-0.1, -0.05) is 23.9 Å². The third kappa shape index (κ3) is 4.18. The van der Waals surface area contributed by atoms with Crippen molar-refractivity contribution in [1.29, 1.82) is 0 Å². The molecule has 0 bridgehead atoms. The molecular weight excluding hydrogens is 450 g/mol. The number of benzene rings is 3. The highest BCUT2D eigenvalue weighted by Gasteiger charge is 2.24. The Hall–Kier alpha value is -4.30. The second-order valence-corrected chi connectivity index (χ2v) is 8.69. The van der Waals surface area contributed by atoms with Gasteiger partial charge in [0.05, 0.1) is 17.5 Å². The van der Waals surface area contributed by atoms with Crippen molar-refractivity contribution in [2.24, 2.45) is 0 Å². The molecule has 5 rings (SSSR count). The van der Waals surface area contributed by atoms with Crippen LogP contribution in [0, 0.1) is 0 Å². The number of amides is 3. The van der Waals surface area contributed by atoms with E-state index in [1.54, 1.807) is 54.4 Å². The Morgan fingerprint density at radius 1 is 0.824 bits per heavy atom. The summed E-state index contributed by atoms with van der Waals surface area (Å²) in [6, 6.07) is 22.7. The molecule has 0 aliphatic carbocycles. The zero-order valence-corrected chi connectivity index (χ0v) is 18.9. The summed E-state index contributed by atoms with van der Waals surface area (Å²) in [5.74, 6) is -0.516. The second-order valence-electron chi connectivity index (χ2n) is 7.61. The van der Waals surface area contributed by atoms with Crippen molar-refractivity contribution in [1.82, 2.24) is 0 Å². The van der Waals surface area contributed by atoms with E-state index in [4.69, 9.17) is 4.42 Å². The van der Waals surface area contributed by atoms with E-state index in [-0.39, 0.29) is 23.5 Å². The Kier molecular flexibility index (Phi) is 5.65. The highest BCUT2D eigenvalue weighted by atomic mass is 32.2. The van der Waals surface area contributed by atoms with Crippen molar-refractivity contribution in [2.45, 2.75) is 9.79 Å². The molecule has 1 aliphatic heterocycles. The quantitative estimate of drug-likeness (QED) is 0.410. The van der Waals surface area contributed by atoms with Crippen LogP contribution in [0.1, 0.15) is 31.3 Å². The van der Waals surface area contributed by atoms with Crippen LogP contribution in [0.4, 0.5) is 17.1 Å². The molecule has 1 aliphatic rings. The summed E-state index contributed by atoms with van der Waals surface area (Å²) in [6.07, 6.45) is 1.43. The topological polar surface area (TPSA) is 91.7 Å². The first-order chi connectivity index (χ1) is 16.5. The lowest BCUT2D eigenvalue weighted by Crippen LogP contribution is -2.26. The van der Waals surface area contributed by atoms with E-state index in [2.05, 4.69) is 10.6 Å². The van der Waals surface area contributed by atoms with E-state index in [0.29, 0.717) is 22.5 Å². The summed E-state index contributed by atoms with van der Waals surface area (Å²) in [7, 11) is 1.74. The molecule has 3 amide bonds. The summed E-state index contributed by atoms with van der Waals surface area (Å²) in [6.45, 7) is 0. The van der Waals surface area contributed by atoms with Gasteiger partial charge in [0.25, 0.3) is 17.7 Å². The minimum absolute atomic E-state index is 0.0714. The highest BCUT2D eigenvalue weighted by Crippen LogP contribution is 2.42. The first-order valence-corrected chi connectivity index (χ1v) is 11.3. The summed E-state index contributed by atoms with van der Waals surface area (Å²) in [5, 5.41) is 5.62. The van der Waals surface area contributed by atoms with Crippen LogP contribution in [-0.4, -0.2) is 24.8 Å². The maximum absolute atomic E-state index is 12.8. The molecule has 1 aromatic heterocycles. The first kappa shape index (κ1) is 21.5.